The van der Waals surface area contributed by atoms with Crippen molar-refractivity contribution in [3.63, 3.8) is 0 Å². The maximum atomic E-state index is 13.9. The van der Waals surface area contributed by atoms with E-state index in [0.717, 1.165) is 12.8 Å². The molecule has 2 N–H and O–H groups in total. The van der Waals surface area contributed by atoms with Crippen molar-refractivity contribution in [2.24, 2.45) is 0 Å². The lowest BCUT2D eigenvalue weighted by Gasteiger charge is -2.37. The fourth-order valence-corrected chi connectivity index (χ4v) is 2.85. The van der Waals surface area contributed by atoms with E-state index in [1.807, 2.05) is 7.05 Å². The predicted molar refractivity (Wildman–Crippen MR) is 67.0 cm³/mol. The molecule has 0 saturated heterocycles. The fourth-order valence-electron chi connectivity index (χ4n) is 2.85. The van der Waals surface area contributed by atoms with Gasteiger partial charge in [-0.3, -0.25) is 4.79 Å². The zero-order valence-corrected chi connectivity index (χ0v) is 10.4. The zero-order chi connectivity index (χ0) is 13.2. The summed E-state index contributed by atoms with van der Waals surface area (Å²) in [6.45, 7) is 0. The molecule has 1 aliphatic rings. The molecule has 1 aromatic carbocycles. The fraction of sp³-hybridized carbons (Fsp3) is 0.500. The Morgan fingerprint density at radius 3 is 2.50 bits per heavy atom. The molecule has 0 heterocycles. The molecule has 2 rings (SSSR count). The lowest BCUT2D eigenvalue weighted by molar-refractivity contribution is -0.145. The normalized spacial score (nSPS) is 28.0. The van der Waals surface area contributed by atoms with Crippen molar-refractivity contribution >= 4 is 5.97 Å². The molecule has 0 radical (unpaired) electrons. The Balaban J connectivity index is 2.35. The maximum Gasteiger partial charge on any atom is 0.314 e. The lowest BCUT2D eigenvalue weighted by atomic mass is 9.68. The molecule has 1 fully saturated rings. The maximum absolute atomic E-state index is 13.9. The van der Waals surface area contributed by atoms with Crippen LogP contribution in [-0.2, 0) is 10.2 Å². The third-order valence-corrected chi connectivity index (χ3v) is 4.05. The van der Waals surface area contributed by atoms with Crippen LogP contribution < -0.4 is 5.32 Å². The summed E-state index contributed by atoms with van der Waals surface area (Å²) in [5.74, 6) is -1.33. The van der Waals surface area contributed by atoms with Gasteiger partial charge in [-0.25, -0.2) is 4.39 Å². The summed E-state index contributed by atoms with van der Waals surface area (Å²) in [6.07, 6.45) is 2.48. The molecule has 0 aliphatic heterocycles. The zero-order valence-electron chi connectivity index (χ0n) is 10.4. The highest BCUT2D eigenvalue weighted by Crippen LogP contribution is 2.40. The van der Waals surface area contributed by atoms with Crippen molar-refractivity contribution in [3.8, 4) is 0 Å². The monoisotopic (exact) mass is 251 g/mol. The van der Waals surface area contributed by atoms with Crippen LogP contribution in [0.2, 0.25) is 0 Å². The number of benzene rings is 1. The second-order valence-electron chi connectivity index (χ2n) is 4.93. The van der Waals surface area contributed by atoms with Gasteiger partial charge in [-0.1, -0.05) is 18.2 Å². The molecular weight excluding hydrogens is 233 g/mol. The predicted octanol–water partition coefficient (Wildman–Crippen LogP) is 2.31. The van der Waals surface area contributed by atoms with E-state index in [4.69, 9.17) is 0 Å². The quantitative estimate of drug-likeness (QED) is 0.866. The van der Waals surface area contributed by atoms with Crippen LogP contribution in [0, 0.1) is 5.82 Å². The lowest BCUT2D eigenvalue weighted by Crippen LogP contribution is -2.44. The van der Waals surface area contributed by atoms with Gasteiger partial charge in [0.25, 0.3) is 0 Å². The van der Waals surface area contributed by atoms with Crippen molar-refractivity contribution in [2.45, 2.75) is 37.1 Å². The molecule has 0 unspecified atom stereocenters. The highest BCUT2D eigenvalue weighted by molar-refractivity contribution is 5.81. The van der Waals surface area contributed by atoms with Gasteiger partial charge in [0.2, 0.25) is 0 Å². The van der Waals surface area contributed by atoms with Gasteiger partial charge in [-0.2, -0.15) is 0 Å². The summed E-state index contributed by atoms with van der Waals surface area (Å²) >= 11 is 0. The Kier molecular flexibility index (Phi) is 3.66. The van der Waals surface area contributed by atoms with Gasteiger partial charge in [0.1, 0.15) is 5.82 Å². The summed E-state index contributed by atoms with van der Waals surface area (Å²) < 4.78 is 13.9. The highest BCUT2D eigenvalue weighted by Gasteiger charge is 2.44. The first kappa shape index (κ1) is 13.0. The molecule has 0 atom stereocenters. The standard InChI is InChI=1S/C14H18FNO2/c1-16-10-6-8-14(9-7-10,13(17)18)11-4-2-3-5-12(11)15/h2-5,10,16H,6-9H2,1H3,(H,17,18). The number of carbonyl (C=O) groups is 1. The first-order chi connectivity index (χ1) is 8.60. The highest BCUT2D eigenvalue weighted by atomic mass is 19.1. The van der Waals surface area contributed by atoms with E-state index in [9.17, 15) is 14.3 Å². The SMILES string of the molecule is CNC1CCC(C(=O)O)(c2ccccc2F)CC1. The second-order valence-corrected chi connectivity index (χ2v) is 4.93. The van der Waals surface area contributed by atoms with Crippen molar-refractivity contribution in [3.05, 3.63) is 35.6 Å². The first-order valence-electron chi connectivity index (χ1n) is 6.26. The largest absolute Gasteiger partial charge is 0.481 e. The molecule has 3 nitrogen and oxygen atoms in total. The second kappa shape index (κ2) is 5.06. The van der Waals surface area contributed by atoms with Crippen LogP contribution in [0.1, 0.15) is 31.2 Å². The van der Waals surface area contributed by atoms with Crippen LogP contribution in [0.5, 0.6) is 0 Å². The van der Waals surface area contributed by atoms with Crippen molar-refractivity contribution < 1.29 is 14.3 Å². The molecule has 0 aromatic heterocycles. The van der Waals surface area contributed by atoms with Gasteiger partial charge in [0.05, 0.1) is 5.41 Å². The third kappa shape index (κ3) is 2.12. The summed E-state index contributed by atoms with van der Waals surface area (Å²) in [4.78, 5) is 11.6. The number of nitrogens with one attached hydrogen (secondary N) is 1. The first-order valence-corrected chi connectivity index (χ1v) is 6.26. The Morgan fingerprint density at radius 1 is 1.39 bits per heavy atom. The van der Waals surface area contributed by atoms with Crippen molar-refractivity contribution in [1.82, 2.24) is 5.32 Å². The Labute approximate surface area is 106 Å². The van der Waals surface area contributed by atoms with E-state index in [-0.39, 0.29) is 0 Å². The molecule has 1 aromatic rings. The van der Waals surface area contributed by atoms with Gasteiger partial charge in [0, 0.05) is 11.6 Å². The summed E-state index contributed by atoms with van der Waals surface area (Å²) in [7, 11) is 1.88. The van der Waals surface area contributed by atoms with Gasteiger partial charge in [0.15, 0.2) is 0 Å². The van der Waals surface area contributed by atoms with Crippen LogP contribution in [-0.4, -0.2) is 24.2 Å². The Bertz CT molecular complexity index is 439. The van der Waals surface area contributed by atoms with E-state index in [1.54, 1.807) is 18.2 Å². The molecule has 18 heavy (non-hydrogen) atoms. The molecule has 0 spiro atoms. The number of carboxylic acid groups (broad SMARTS) is 1. The van der Waals surface area contributed by atoms with Gasteiger partial charge in [-0.15, -0.1) is 0 Å². The van der Waals surface area contributed by atoms with Crippen LogP contribution in [0.15, 0.2) is 24.3 Å². The van der Waals surface area contributed by atoms with Crippen LogP contribution in [0.25, 0.3) is 0 Å². The average Bonchev–Trinajstić information content (AvgIpc) is 2.39. The molecule has 4 heteroatoms. The Morgan fingerprint density at radius 2 is 2.00 bits per heavy atom. The van der Waals surface area contributed by atoms with E-state index in [2.05, 4.69) is 5.32 Å². The van der Waals surface area contributed by atoms with Gasteiger partial charge >= 0.3 is 5.97 Å². The number of rotatable bonds is 3. The summed E-state index contributed by atoms with van der Waals surface area (Å²) in [5, 5.41) is 12.7. The minimum absolute atomic E-state index is 0.326. The smallest absolute Gasteiger partial charge is 0.314 e. The van der Waals surface area contributed by atoms with E-state index in [0.29, 0.717) is 24.4 Å². The van der Waals surface area contributed by atoms with Crippen LogP contribution in [0.4, 0.5) is 4.39 Å². The summed E-state index contributed by atoms with van der Waals surface area (Å²) in [5.41, 5.74) is -0.731. The number of halogens is 1. The van der Waals surface area contributed by atoms with Gasteiger partial charge in [-0.05, 0) is 38.8 Å². The third-order valence-electron chi connectivity index (χ3n) is 4.05. The van der Waals surface area contributed by atoms with E-state index in [1.165, 1.54) is 6.07 Å². The number of carboxylic acids is 1. The van der Waals surface area contributed by atoms with E-state index >= 15 is 0 Å². The van der Waals surface area contributed by atoms with Crippen molar-refractivity contribution in [1.29, 1.82) is 0 Å². The molecular formula is C14H18FNO2. The minimum Gasteiger partial charge on any atom is -0.481 e. The van der Waals surface area contributed by atoms with Gasteiger partial charge < -0.3 is 10.4 Å². The average molecular weight is 251 g/mol. The Hall–Kier alpha value is -1.42. The molecule has 0 bridgehead atoms. The van der Waals surface area contributed by atoms with Crippen LogP contribution >= 0.6 is 0 Å². The number of hydrogen-bond donors (Lipinski definition) is 2. The van der Waals surface area contributed by atoms with Crippen molar-refractivity contribution in [2.75, 3.05) is 7.05 Å². The van der Waals surface area contributed by atoms with Crippen LogP contribution in [0.3, 0.4) is 0 Å². The molecule has 98 valence electrons. The minimum atomic E-state index is -1.06. The van der Waals surface area contributed by atoms with E-state index < -0.39 is 17.2 Å². The number of hydrogen-bond acceptors (Lipinski definition) is 2. The molecule has 0 amide bonds. The number of aliphatic carboxylic acids is 1. The molecule has 1 saturated carbocycles. The molecule has 1 aliphatic carbocycles. The summed E-state index contributed by atoms with van der Waals surface area (Å²) in [6, 6.07) is 6.57. The topological polar surface area (TPSA) is 49.3 Å².